The molecule has 0 aromatic carbocycles. The summed E-state index contributed by atoms with van der Waals surface area (Å²) in [5, 5.41) is 0. The first-order valence-corrected chi connectivity index (χ1v) is 6.63. The lowest BCUT2D eigenvalue weighted by molar-refractivity contribution is -0.161. The maximum Gasteiger partial charge on any atom is 0.309 e. The first-order valence-electron chi connectivity index (χ1n) is 6.63. The Hall–Kier alpha value is -0.610. The van der Waals surface area contributed by atoms with E-state index in [1.165, 1.54) is 6.42 Å². The quantitative estimate of drug-likeness (QED) is 0.686. The summed E-state index contributed by atoms with van der Waals surface area (Å²) in [6.45, 7) is 6.82. The highest BCUT2D eigenvalue weighted by Crippen LogP contribution is 2.36. The van der Waals surface area contributed by atoms with Crippen molar-refractivity contribution in [3.05, 3.63) is 0 Å². The molecular weight excluding hydrogens is 216 g/mol. The molecule has 0 radical (unpaired) electrons. The van der Waals surface area contributed by atoms with E-state index in [0.717, 1.165) is 32.2 Å². The predicted octanol–water partition coefficient (Wildman–Crippen LogP) is 1.75. The van der Waals surface area contributed by atoms with Gasteiger partial charge in [-0.05, 0) is 52.9 Å². The van der Waals surface area contributed by atoms with Gasteiger partial charge in [-0.3, -0.25) is 15.6 Å². The number of hydrogen-bond donors (Lipinski definition) is 2. The van der Waals surface area contributed by atoms with E-state index >= 15 is 0 Å². The van der Waals surface area contributed by atoms with Crippen LogP contribution >= 0.6 is 0 Å². The van der Waals surface area contributed by atoms with Gasteiger partial charge in [-0.25, -0.2) is 0 Å². The first kappa shape index (κ1) is 12.8. The Morgan fingerprint density at radius 2 is 1.88 bits per heavy atom. The van der Waals surface area contributed by atoms with Crippen LogP contribution in [0, 0.1) is 5.92 Å². The number of carbonyl (C=O) groups is 1. The largest absolute Gasteiger partial charge is 0.460 e. The van der Waals surface area contributed by atoms with Gasteiger partial charge >= 0.3 is 5.97 Å². The van der Waals surface area contributed by atoms with E-state index in [1.807, 2.05) is 20.8 Å². The Balaban J connectivity index is 1.84. The van der Waals surface area contributed by atoms with Gasteiger partial charge in [0.05, 0.1) is 5.92 Å². The second-order valence-electron chi connectivity index (χ2n) is 6.39. The van der Waals surface area contributed by atoms with Crippen molar-refractivity contribution < 1.29 is 9.53 Å². The van der Waals surface area contributed by atoms with E-state index in [2.05, 4.69) is 10.9 Å². The summed E-state index contributed by atoms with van der Waals surface area (Å²) in [4.78, 5) is 12.0. The number of rotatable bonds is 1. The molecule has 0 amide bonds. The van der Waals surface area contributed by atoms with Crippen LogP contribution in [0.5, 0.6) is 0 Å². The standard InChI is InChI=1S/C13H24N2O2/c1-12(2,3)17-11(16)10-4-6-13(7-5-10)8-9-14-15-13/h10,14-15H,4-9H2,1-3H3. The molecule has 2 N–H and O–H groups in total. The van der Waals surface area contributed by atoms with Crippen molar-refractivity contribution in [2.24, 2.45) is 5.92 Å². The normalized spacial score (nSPS) is 33.9. The number of carbonyl (C=O) groups excluding carboxylic acids is 1. The average molecular weight is 240 g/mol. The summed E-state index contributed by atoms with van der Waals surface area (Å²) >= 11 is 0. The summed E-state index contributed by atoms with van der Waals surface area (Å²) in [7, 11) is 0. The number of hydrazine groups is 1. The van der Waals surface area contributed by atoms with Gasteiger partial charge < -0.3 is 4.74 Å². The molecule has 1 saturated heterocycles. The first-order chi connectivity index (χ1) is 7.90. The molecule has 98 valence electrons. The molecule has 2 fully saturated rings. The Labute approximate surface area is 103 Å². The fourth-order valence-corrected chi connectivity index (χ4v) is 2.78. The third kappa shape index (κ3) is 3.19. The third-order valence-electron chi connectivity index (χ3n) is 3.76. The van der Waals surface area contributed by atoms with Crippen LogP contribution in [-0.2, 0) is 9.53 Å². The van der Waals surface area contributed by atoms with Crippen LogP contribution in [0.3, 0.4) is 0 Å². The summed E-state index contributed by atoms with van der Waals surface area (Å²) < 4.78 is 5.45. The molecule has 0 bridgehead atoms. The maximum atomic E-state index is 12.0. The molecule has 0 atom stereocenters. The van der Waals surface area contributed by atoms with Gasteiger partial charge in [0.15, 0.2) is 0 Å². The number of nitrogens with one attached hydrogen (secondary N) is 2. The van der Waals surface area contributed by atoms with Gasteiger partial charge in [0.25, 0.3) is 0 Å². The van der Waals surface area contributed by atoms with Crippen LogP contribution in [-0.4, -0.2) is 23.7 Å². The molecule has 2 rings (SSSR count). The second-order valence-corrected chi connectivity index (χ2v) is 6.39. The lowest BCUT2D eigenvalue weighted by Gasteiger charge is -2.36. The number of esters is 1. The molecule has 1 spiro atoms. The lowest BCUT2D eigenvalue weighted by atomic mass is 9.76. The number of hydrogen-bond acceptors (Lipinski definition) is 4. The zero-order valence-corrected chi connectivity index (χ0v) is 11.1. The Morgan fingerprint density at radius 1 is 1.24 bits per heavy atom. The van der Waals surface area contributed by atoms with E-state index in [9.17, 15) is 4.79 Å². The predicted molar refractivity (Wildman–Crippen MR) is 66.3 cm³/mol. The summed E-state index contributed by atoms with van der Waals surface area (Å²) in [5.41, 5.74) is 6.46. The minimum Gasteiger partial charge on any atom is -0.460 e. The molecule has 1 aliphatic heterocycles. The van der Waals surface area contributed by atoms with Crippen molar-refractivity contribution in [3.8, 4) is 0 Å². The molecule has 17 heavy (non-hydrogen) atoms. The molecular formula is C13H24N2O2. The van der Waals surface area contributed by atoms with E-state index in [1.54, 1.807) is 0 Å². The van der Waals surface area contributed by atoms with E-state index in [-0.39, 0.29) is 23.0 Å². The van der Waals surface area contributed by atoms with Crippen molar-refractivity contribution in [1.29, 1.82) is 0 Å². The lowest BCUT2D eigenvalue weighted by Crippen LogP contribution is -2.47. The molecule has 2 aliphatic rings. The van der Waals surface area contributed by atoms with Crippen molar-refractivity contribution in [2.45, 2.75) is 64.0 Å². The van der Waals surface area contributed by atoms with Gasteiger partial charge in [-0.1, -0.05) is 0 Å². The zero-order chi connectivity index (χ0) is 12.5. The molecule has 4 heteroatoms. The highest BCUT2D eigenvalue weighted by Gasteiger charge is 2.40. The highest BCUT2D eigenvalue weighted by atomic mass is 16.6. The summed E-state index contributed by atoms with van der Waals surface area (Å²) in [6, 6.07) is 0. The van der Waals surface area contributed by atoms with Gasteiger partial charge in [0, 0.05) is 12.1 Å². The fourth-order valence-electron chi connectivity index (χ4n) is 2.78. The Bertz CT molecular complexity index is 280. The van der Waals surface area contributed by atoms with Gasteiger partial charge in [-0.2, -0.15) is 0 Å². The van der Waals surface area contributed by atoms with Crippen LogP contribution in [0.2, 0.25) is 0 Å². The van der Waals surface area contributed by atoms with Gasteiger partial charge in [-0.15, -0.1) is 0 Å². The van der Waals surface area contributed by atoms with E-state index in [0.29, 0.717) is 0 Å². The van der Waals surface area contributed by atoms with Crippen LogP contribution in [0.1, 0.15) is 52.9 Å². The van der Waals surface area contributed by atoms with Crippen LogP contribution in [0.25, 0.3) is 0 Å². The van der Waals surface area contributed by atoms with Gasteiger partial charge in [0.2, 0.25) is 0 Å². The topological polar surface area (TPSA) is 50.4 Å². The van der Waals surface area contributed by atoms with Crippen molar-refractivity contribution >= 4 is 5.97 Å². The highest BCUT2D eigenvalue weighted by molar-refractivity contribution is 5.73. The Morgan fingerprint density at radius 3 is 2.35 bits per heavy atom. The van der Waals surface area contributed by atoms with Crippen LogP contribution in [0.4, 0.5) is 0 Å². The van der Waals surface area contributed by atoms with Crippen LogP contribution in [0.15, 0.2) is 0 Å². The van der Waals surface area contributed by atoms with Crippen LogP contribution < -0.4 is 10.9 Å². The number of ether oxygens (including phenoxy) is 1. The summed E-state index contributed by atoms with van der Waals surface area (Å²) in [6.07, 6.45) is 5.22. The van der Waals surface area contributed by atoms with E-state index in [4.69, 9.17) is 4.74 Å². The molecule has 1 heterocycles. The second kappa shape index (κ2) is 4.58. The Kier molecular flexibility index (Phi) is 3.46. The fraction of sp³-hybridized carbons (Fsp3) is 0.923. The molecule has 1 saturated carbocycles. The molecule has 0 unspecified atom stereocenters. The zero-order valence-electron chi connectivity index (χ0n) is 11.1. The third-order valence-corrected chi connectivity index (χ3v) is 3.76. The molecule has 4 nitrogen and oxygen atoms in total. The van der Waals surface area contributed by atoms with Crippen molar-refractivity contribution in [2.75, 3.05) is 6.54 Å². The van der Waals surface area contributed by atoms with Crippen molar-refractivity contribution in [1.82, 2.24) is 10.9 Å². The van der Waals surface area contributed by atoms with Gasteiger partial charge in [0.1, 0.15) is 5.60 Å². The summed E-state index contributed by atoms with van der Waals surface area (Å²) in [5.74, 6) is 0.0838. The monoisotopic (exact) mass is 240 g/mol. The maximum absolute atomic E-state index is 12.0. The molecule has 0 aromatic heterocycles. The van der Waals surface area contributed by atoms with E-state index < -0.39 is 0 Å². The SMILES string of the molecule is CC(C)(C)OC(=O)C1CCC2(CCNN2)CC1. The smallest absolute Gasteiger partial charge is 0.309 e. The minimum atomic E-state index is -0.362. The average Bonchev–Trinajstić information content (AvgIpc) is 2.65. The molecule has 1 aliphatic carbocycles. The minimum absolute atomic E-state index is 0.0155. The molecule has 0 aromatic rings. The van der Waals surface area contributed by atoms with Crippen molar-refractivity contribution in [3.63, 3.8) is 0 Å².